The van der Waals surface area contributed by atoms with Crippen LogP contribution in [0.4, 0.5) is 0 Å². The van der Waals surface area contributed by atoms with Gasteiger partial charge in [-0.2, -0.15) is 0 Å². The number of likely N-dealkylation sites (tertiary alicyclic amines) is 1. The Labute approximate surface area is 155 Å². The maximum Gasteiger partial charge on any atom is 0.331 e. The average molecular weight is 372 g/mol. The maximum absolute atomic E-state index is 12.8. The fraction of sp³-hybridized carbons (Fsp3) is 0.450. The number of allylic oxidation sites excluding steroid dienone is 2. The fourth-order valence-corrected chi connectivity index (χ4v) is 5.27. The minimum Gasteiger partial charge on any atom is -0.425 e. The molecule has 134 valence electrons. The highest BCUT2D eigenvalue weighted by molar-refractivity contribution is 6.31. The van der Waals surface area contributed by atoms with Crippen molar-refractivity contribution in [3.63, 3.8) is 0 Å². The molecule has 0 aromatic heterocycles. The summed E-state index contributed by atoms with van der Waals surface area (Å²) in [6.45, 7) is 1.48. The molecule has 5 aliphatic rings. The van der Waals surface area contributed by atoms with Crippen LogP contribution in [0.3, 0.4) is 0 Å². The molecule has 0 N–H and O–H groups in total. The molecule has 6 rings (SSSR count). The number of rotatable bonds is 3. The Morgan fingerprint density at radius 3 is 2.35 bits per heavy atom. The third kappa shape index (κ3) is 2.19. The van der Waals surface area contributed by atoms with Crippen molar-refractivity contribution in [3.05, 3.63) is 40.9 Å². The first-order chi connectivity index (χ1) is 12.5. The van der Waals surface area contributed by atoms with Crippen LogP contribution in [0, 0.1) is 42.4 Å². The number of carbonyl (C=O) groups is 3. The van der Waals surface area contributed by atoms with E-state index in [0.717, 1.165) is 16.9 Å². The predicted molar refractivity (Wildman–Crippen MR) is 93.2 cm³/mol. The third-order valence-corrected chi connectivity index (χ3v) is 6.83. The standard InChI is InChI=1S/C20H18ClNO4/c1-9-6-10(2-5-15(9)21)26-16(23)8-22-19(24)17-11-3-4-12(14-7-13(11)14)18(17)20(22)25/h2-6,11-14,17-18H,7-8H2,1H3/t11-,12+,13-,14-,17+,18-/m1/s1. The number of aryl methyl sites for hydroxylation is 1. The van der Waals surface area contributed by atoms with Gasteiger partial charge in [-0.1, -0.05) is 23.8 Å². The van der Waals surface area contributed by atoms with Crippen LogP contribution in [-0.4, -0.2) is 29.2 Å². The number of halogens is 1. The molecule has 2 amide bonds. The van der Waals surface area contributed by atoms with Gasteiger partial charge in [0.1, 0.15) is 12.3 Å². The molecule has 1 aromatic rings. The van der Waals surface area contributed by atoms with Gasteiger partial charge in [-0.3, -0.25) is 14.5 Å². The number of esters is 1. The van der Waals surface area contributed by atoms with Gasteiger partial charge in [0, 0.05) is 5.02 Å². The van der Waals surface area contributed by atoms with Crippen LogP contribution in [-0.2, 0) is 14.4 Å². The van der Waals surface area contributed by atoms with Crippen LogP contribution in [0.5, 0.6) is 5.75 Å². The quantitative estimate of drug-likeness (QED) is 0.354. The van der Waals surface area contributed by atoms with Gasteiger partial charge < -0.3 is 4.74 Å². The maximum atomic E-state index is 12.8. The number of benzene rings is 1. The molecule has 26 heavy (non-hydrogen) atoms. The Morgan fingerprint density at radius 1 is 1.15 bits per heavy atom. The number of hydrogen-bond donors (Lipinski definition) is 0. The highest BCUT2D eigenvalue weighted by Crippen LogP contribution is 2.65. The lowest BCUT2D eigenvalue weighted by atomic mass is 9.63. The molecule has 1 saturated heterocycles. The Hall–Kier alpha value is -2.14. The van der Waals surface area contributed by atoms with E-state index in [4.69, 9.17) is 16.3 Å². The highest BCUT2D eigenvalue weighted by Gasteiger charge is 2.67. The van der Waals surface area contributed by atoms with Crippen LogP contribution in [0.25, 0.3) is 0 Å². The summed E-state index contributed by atoms with van der Waals surface area (Å²) in [4.78, 5) is 39.1. The van der Waals surface area contributed by atoms with E-state index in [2.05, 4.69) is 12.2 Å². The van der Waals surface area contributed by atoms with Gasteiger partial charge in [0.15, 0.2) is 0 Å². The van der Waals surface area contributed by atoms with Crippen molar-refractivity contribution in [2.24, 2.45) is 35.5 Å². The lowest BCUT2D eigenvalue weighted by Crippen LogP contribution is -2.40. The van der Waals surface area contributed by atoms with Crippen molar-refractivity contribution < 1.29 is 19.1 Å². The number of amides is 2. The molecule has 2 bridgehead atoms. The summed E-state index contributed by atoms with van der Waals surface area (Å²) >= 11 is 5.97. The summed E-state index contributed by atoms with van der Waals surface area (Å²) in [6.07, 6.45) is 5.35. The topological polar surface area (TPSA) is 63.7 Å². The molecular weight excluding hydrogens is 354 g/mol. The van der Waals surface area contributed by atoms with Gasteiger partial charge in [-0.15, -0.1) is 0 Å². The second-order valence-electron chi connectivity index (χ2n) is 7.80. The number of hydrogen-bond acceptors (Lipinski definition) is 4. The zero-order valence-electron chi connectivity index (χ0n) is 14.2. The molecule has 0 unspecified atom stereocenters. The molecule has 6 heteroatoms. The van der Waals surface area contributed by atoms with Crippen molar-refractivity contribution in [3.8, 4) is 5.75 Å². The van der Waals surface area contributed by atoms with Crippen molar-refractivity contribution >= 4 is 29.4 Å². The Balaban J connectivity index is 1.32. The SMILES string of the molecule is Cc1cc(OC(=O)CN2C(=O)[C@@H]3[C@H]4C=C[C@H]([C@H]5C[C@H]45)[C@@H]3C2=O)ccc1Cl. The first-order valence-electron chi connectivity index (χ1n) is 8.96. The van der Waals surface area contributed by atoms with E-state index in [0.29, 0.717) is 22.6 Å². The van der Waals surface area contributed by atoms with Crippen LogP contribution in [0.15, 0.2) is 30.4 Å². The summed E-state index contributed by atoms with van der Waals surface area (Å²) in [5, 5.41) is 0.584. The molecule has 1 aliphatic heterocycles. The summed E-state index contributed by atoms with van der Waals surface area (Å²) in [5.41, 5.74) is 0.790. The number of carbonyl (C=O) groups excluding carboxylic acids is 3. The summed E-state index contributed by atoms with van der Waals surface area (Å²) < 4.78 is 5.30. The Morgan fingerprint density at radius 2 is 1.77 bits per heavy atom. The minimum atomic E-state index is -0.613. The third-order valence-electron chi connectivity index (χ3n) is 6.40. The van der Waals surface area contributed by atoms with Gasteiger partial charge in [0.05, 0.1) is 11.8 Å². The molecule has 3 fully saturated rings. The zero-order valence-corrected chi connectivity index (χ0v) is 15.0. The highest BCUT2D eigenvalue weighted by atomic mass is 35.5. The van der Waals surface area contributed by atoms with E-state index >= 15 is 0 Å². The second-order valence-corrected chi connectivity index (χ2v) is 8.21. The van der Waals surface area contributed by atoms with Gasteiger partial charge in [0.25, 0.3) is 0 Å². The van der Waals surface area contributed by atoms with Gasteiger partial charge in [0.2, 0.25) is 11.8 Å². The Bertz CT molecular complexity index is 843. The molecule has 4 aliphatic carbocycles. The van der Waals surface area contributed by atoms with E-state index in [-0.39, 0.29) is 42.0 Å². The molecule has 5 nitrogen and oxygen atoms in total. The van der Waals surface area contributed by atoms with Crippen molar-refractivity contribution in [2.75, 3.05) is 6.54 Å². The first kappa shape index (κ1) is 16.1. The van der Waals surface area contributed by atoms with Crippen LogP contribution in [0.1, 0.15) is 12.0 Å². The smallest absolute Gasteiger partial charge is 0.331 e. The first-order valence-corrected chi connectivity index (χ1v) is 9.34. The summed E-state index contributed by atoms with van der Waals surface area (Å²) in [6, 6.07) is 4.90. The largest absolute Gasteiger partial charge is 0.425 e. The summed E-state index contributed by atoms with van der Waals surface area (Å²) in [5.74, 6) is 0.159. The van der Waals surface area contributed by atoms with E-state index in [1.54, 1.807) is 18.2 Å². The Kier molecular flexibility index (Phi) is 3.35. The van der Waals surface area contributed by atoms with Crippen molar-refractivity contribution in [1.29, 1.82) is 0 Å². The van der Waals surface area contributed by atoms with Gasteiger partial charge in [-0.05, 0) is 60.8 Å². The molecular formula is C20H18ClNO4. The van der Waals surface area contributed by atoms with Gasteiger partial charge in [-0.25, -0.2) is 4.79 Å². The summed E-state index contributed by atoms with van der Waals surface area (Å²) in [7, 11) is 0. The number of nitrogens with zero attached hydrogens (tertiary/aromatic N) is 1. The normalized spacial score (nSPS) is 36.2. The molecule has 1 heterocycles. The molecule has 2 saturated carbocycles. The van der Waals surface area contributed by atoms with Crippen LogP contribution < -0.4 is 4.74 Å². The monoisotopic (exact) mass is 371 g/mol. The van der Waals surface area contributed by atoms with E-state index < -0.39 is 5.97 Å². The molecule has 6 atom stereocenters. The molecule has 0 spiro atoms. The zero-order chi connectivity index (χ0) is 18.2. The van der Waals surface area contributed by atoms with E-state index in [9.17, 15) is 14.4 Å². The minimum absolute atomic E-state index is 0.159. The van der Waals surface area contributed by atoms with Crippen molar-refractivity contribution in [2.45, 2.75) is 13.3 Å². The lowest BCUT2D eigenvalue weighted by molar-refractivity contribution is -0.148. The van der Waals surface area contributed by atoms with Gasteiger partial charge >= 0.3 is 5.97 Å². The predicted octanol–water partition coefficient (Wildman–Crippen LogP) is 2.61. The number of ether oxygens (including phenoxy) is 1. The van der Waals surface area contributed by atoms with Crippen LogP contribution in [0.2, 0.25) is 5.02 Å². The average Bonchev–Trinajstić information content (AvgIpc) is 3.39. The van der Waals surface area contributed by atoms with E-state index in [1.165, 1.54) is 0 Å². The van der Waals surface area contributed by atoms with Crippen LogP contribution >= 0.6 is 11.6 Å². The second kappa shape index (κ2) is 5.43. The lowest BCUT2D eigenvalue weighted by Gasteiger charge is -2.37. The molecule has 1 aromatic carbocycles. The van der Waals surface area contributed by atoms with Crippen molar-refractivity contribution in [1.82, 2.24) is 4.90 Å². The van der Waals surface area contributed by atoms with E-state index in [1.807, 2.05) is 6.92 Å². The molecule has 0 radical (unpaired) electrons. The fourth-order valence-electron chi connectivity index (χ4n) is 5.15. The number of imide groups is 1.